The molecule has 0 spiro atoms. The summed E-state index contributed by atoms with van der Waals surface area (Å²) in [5, 5.41) is 2.60. The molecule has 1 rings (SSSR count). The van der Waals surface area contributed by atoms with Gasteiger partial charge in [0, 0.05) is 19.5 Å². The Hall–Kier alpha value is -1.89. The largest absolute Gasteiger partial charge is 0.353 e. The Kier molecular flexibility index (Phi) is 6.36. The molecule has 116 valence electrons. The van der Waals surface area contributed by atoms with Gasteiger partial charge >= 0.3 is 0 Å². The van der Waals surface area contributed by atoms with Crippen LogP contribution in [0.15, 0.2) is 36.9 Å². The fourth-order valence-corrected chi connectivity index (χ4v) is 2.74. The second-order valence-electron chi connectivity index (χ2n) is 4.48. The molecule has 5 nitrogen and oxygen atoms in total. The molecule has 0 unspecified atom stereocenters. The van der Waals surface area contributed by atoms with Crippen LogP contribution in [-0.2, 0) is 14.8 Å². The van der Waals surface area contributed by atoms with Gasteiger partial charge in [0.15, 0.2) is 0 Å². The number of nitrogens with one attached hydrogen (secondary N) is 1. The van der Waals surface area contributed by atoms with Gasteiger partial charge in [0.2, 0.25) is 15.9 Å². The van der Waals surface area contributed by atoms with E-state index in [2.05, 4.69) is 11.9 Å². The molecule has 1 aromatic rings. The molecular weight excluding hydrogens is 295 g/mol. The average molecular weight is 314 g/mol. The lowest BCUT2D eigenvalue weighted by atomic mass is 10.2. The highest BCUT2D eigenvalue weighted by Gasteiger charge is 2.20. The lowest BCUT2D eigenvalue weighted by Crippen LogP contribution is -2.32. The summed E-state index contributed by atoms with van der Waals surface area (Å²) in [6.07, 6.45) is 3.02. The van der Waals surface area contributed by atoms with E-state index in [4.69, 9.17) is 0 Å². The number of rotatable bonds is 8. The van der Waals surface area contributed by atoms with E-state index in [0.29, 0.717) is 13.0 Å². The van der Waals surface area contributed by atoms with Crippen molar-refractivity contribution in [3.8, 4) is 0 Å². The van der Waals surface area contributed by atoms with E-state index in [1.54, 1.807) is 12.1 Å². The van der Waals surface area contributed by atoms with E-state index >= 15 is 0 Å². The lowest BCUT2D eigenvalue weighted by molar-refractivity contribution is -0.120. The van der Waals surface area contributed by atoms with Crippen molar-refractivity contribution in [1.82, 2.24) is 5.32 Å². The van der Waals surface area contributed by atoms with Crippen LogP contribution in [0.2, 0.25) is 0 Å². The number of amides is 1. The number of para-hydroxylation sites is 1. The van der Waals surface area contributed by atoms with Gasteiger partial charge in [0.05, 0.1) is 11.9 Å². The molecule has 0 saturated carbocycles. The van der Waals surface area contributed by atoms with Gasteiger partial charge in [-0.05, 0) is 18.6 Å². The Morgan fingerprint density at radius 2 is 2.10 bits per heavy atom. The monoisotopic (exact) mass is 314 g/mol. The Bertz CT molecular complexity index is 602. The van der Waals surface area contributed by atoms with Crippen LogP contribution in [0.5, 0.6) is 0 Å². The Balaban J connectivity index is 2.72. The number of hydrogen-bond donors (Lipinski definition) is 1. The second kappa shape index (κ2) is 7.78. The smallest absolute Gasteiger partial charge is 0.232 e. The quantitative estimate of drug-likeness (QED) is 0.742. The lowest BCUT2D eigenvalue weighted by Gasteiger charge is -2.22. The van der Waals surface area contributed by atoms with Gasteiger partial charge in [-0.15, -0.1) is 6.58 Å². The number of hydrogen-bond acceptors (Lipinski definition) is 3. The van der Waals surface area contributed by atoms with Crippen molar-refractivity contribution < 1.29 is 17.6 Å². The fourth-order valence-electron chi connectivity index (χ4n) is 1.78. The summed E-state index contributed by atoms with van der Waals surface area (Å²) in [6, 6.07) is 5.65. The SMILES string of the molecule is C=CCNC(=O)CCCN(c1ccccc1F)S(C)(=O)=O. The summed E-state index contributed by atoms with van der Waals surface area (Å²) in [7, 11) is -3.61. The maximum Gasteiger partial charge on any atom is 0.232 e. The summed E-state index contributed by atoms with van der Waals surface area (Å²) in [5.74, 6) is -0.809. The fraction of sp³-hybridized carbons (Fsp3) is 0.357. The molecular formula is C14H19FN2O3S. The van der Waals surface area contributed by atoms with Crippen LogP contribution in [0.25, 0.3) is 0 Å². The molecule has 1 aromatic carbocycles. The third kappa shape index (κ3) is 5.55. The normalized spacial score (nSPS) is 11.0. The van der Waals surface area contributed by atoms with Crippen molar-refractivity contribution in [2.45, 2.75) is 12.8 Å². The van der Waals surface area contributed by atoms with Gasteiger partial charge in [-0.2, -0.15) is 0 Å². The van der Waals surface area contributed by atoms with Crippen molar-refractivity contribution in [2.24, 2.45) is 0 Å². The van der Waals surface area contributed by atoms with E-state index in [0.717, 1.165) is 10.6 Å². The van der Waals surface area contributed by atoms with Crippen molar-refractivity contribution >= 4 is 21.6 Å². The predicted molar refractivity (Wildman–Crippen MR) is 81.0 cm³/mol. The molecule has 0 heterocycles. The molecule has 21 heavy (non-hydrogen) atoms. The van der Waals surface area contributed by atoms with Gasteiger partial charge in [-0.1, -0.05) is 18.2 Å². The molecule has 1 N–H and O–H groups in total. The molecule has 0 radical (unpaired) electrons. The number of nitrogens with zero attached hydrogens (tertiary/aromatic N) is 1. The van der Waals surface area contributed by atoms with Gasteiger partial charge in [0.25, 0.3) is 0 Å². The molecule has 0 bridgehead atoms. The number of halogens is 1. The van der Waals surface area contributed by atoms with Crippen molar-refractivity contribution in [2.75, 3.05) is 23.7 Å². The zero-order valence-electron chi connectivity index (χ0n) is 11.9. The van der Waals surface area contributed by atoms with Crippen LogP contribution in [0, 0.1) is 5.82 Å². The van der Waals surface area contributed by atoms with Crippen LogP contribution in [-0.4, -0.2) is 33.7 Å². The third-order valence-corrected chi connectivity index (χ3v) is 3.91. The average Bonchev–Trinajstić information content (AvgIpc) is 2.41. The summed E-state index contributed by atoms with van der Waals surface area (Å²) >= 11 is 0. The number of carbonyl (C=O) groups is 1. The first-order chi connectivity index (χ1) is 9.86. The molecule has 0 aliphatic heterocycles. The number of anilines is 1. The van der Waals surface area contributed by atoms with E-state index in [1.807, 2.05) is 0 Å². The maximum atomic E-state index is 13.7. The highest BCUT2D eigenvalue weighted by Crippen LogP contribution is 2.21. The maximum absolute atomic E-state index is 13.7. The summed E-state index contributed by atoms with van der Waals surface area (Å²) in [6.45, 7) is 3.88. The standard InChI is InChI=1S/C14H19FN2O3S/c1-3-10-16-14(18)9-6-11-17(21(2,19)20)13-8-5-4-7-12(13)15/h3-5,7-8H,1,6,9-11H2,2H3,(H,16,18). The molecule has 0 aliphatic carbocycles. The molecule has 1 amide bonds. The minimum absolute atomic E-state index is 0.00787. The third-order valence-electron chi connectivity index (χ3n) is 2.73. The molecule has 7 heteroatoms. The zero-order chi connectivity index (χ0) is 15.9. The van der Waals surface area contributed by atoms with Crippen molar-refractivity contribution in [1.29, 1.82) is 0 Å². The molecule has 0 atom stereocenters. The summed E-state index contributed by atoms with van der Waals surface area (Å²) < 4.78 is 38.3. The number of benzene rings is 1. The van der Waals surface area contributed by atoms with E-state index in [9.17, 15) is 17.6 Å². The highest BCUT2D eigenvalue weighted by molar-refractivity contribution is 7.92. The molecule has 0 aromatic heterocycles. The van der Waals surface area contributed by atoms with E-state index in [-0.39, 0.29) is 24.6 Å². The Morgan fingerprint density at radius 3 is 2.67 bits per heavy atom. The van der Waals surface area contributed by atoms with Gasteiger partial charge in [0.1, 0.15) is 5.82 Å². The first-order valence-corrected chi connectivity index (χ1v) is 8.31. The van der Waals surface area contributed by atoms with Crippen LogP contribution in [0.3, 0.4) is 0 Å². The van der Waals surface area contributed by atoms with Crippen LogP contribution < -0.4 is 9.62 Å². The Labute approximate surface area is 124 Å². The number of carbonyl (C=O) groups excluding carboxylic acids is 1. The summed E-state index contributed by atoms with van der Waals surface area (Å²) in [4.78, 5) is 11.4. The predicted octanol–water partition coefficient (Wildman–Crippen LogP) is 1.67. The van der Waals surface area contributed by atoms with Gasteiger partial charge in [-0.3, -0.25) is 9.10 Å². The minimum atomic E-state index is -3.61. The highest BCUT2D eigenvalue weighted by atomic mass is 32.2. The first-order valence-electron chi connectivity index (χ1n) is 6.46. The van der Waals surface area contributed by atoms with E-state index in [1.165, 1.54) is 18.2 Å². The van der Waals surface area contributed by atoms with Crippen molar-refractivity contribution in [3.05, 3.63) is 42.7 Å². The molecule has 0 fully saturated rings. The van der Waals surface area contributed by atoms with Crippen molar-refractivity contribution in [3.63, 3.8) is 0 Å². The topological polar surface area (TPSA) is 66.5 Å². The molecule has 0 aliphatic rings. The number of sulfonamides is 1. The van der Waals surface area contributed by atoms with Crippen LogP contribution in [0.1, 0.15) is 12.8 Å². The zero-order valence-corrected chi connectivity index (χ0v) is 12.7. The summed E-state index contributed by atoms with van der Waals surface area (Å²) in [5.41, 5.74) is -0.00787. The molecule has 0 saturated heterocycles. The van der Waals surface area contributed by atoms with Gasteiger partial charge < -0.3 is 5.32 Å². The van der Waals surface area contributed by atoms with Crippen LogP contribution in [0.4, 0.5) is 10.1 Å². The second-order valence-corrected chi connectivity index (χ2v) is 6.39. The van der Waals surface area contributed by atoms with Gasteiger partial charge in [-0.25, -0.2) is 12.8 Å². The Morgan fingerprint density at radius 1 is 1.43 bits per heavy atom. The first kappa shape index (κ1) is 17.2. The minimum Gasteiger partial charge on any atom is -0.353 e. The van der Waals surface area contributed by atoms with E-state index < -0.39 is 15.8 Å². The van der Waals surface area contributed by atoms with Crippen LogP contribution >= 0.6 is 0 Å².